The number of likely N-dealkylation sites (tertiary alicyclic amines) is 1. The number of rotatable bonds is 5. The smallest absolute Gasteiger partial charge is 0.221 e. The number of carbonyl (C=O) groups excluding carboxylic acids is 1. The molecule has 0 radical (unpaired) electrons. The lowest BCUT2D eigenvalue weighted by Gasteiger charge is -2.39. The summed E-state index contributed by atoms with van der Waals surface area (Å²) in [5.41, 5.74) is 4.47. The van der Waals surface area contributed by atoms with Gasteiger partial charge >= 0.3 is 0 Å². The number of aromatic amines is 1. The van der Waals surface area contributed by atoms with Gasteiger partial charge in [-0.15, -0.1) is 0 Å². The van der Waals surface area contributed by atoms with E-state index < -0.39 is 0 Å². The first-order valence-corrected chi connectivity index (χ1v) is 8.67. The third-order valence-electron chi connectivity index (χ3n) is 4.75. The van der Waals surface area contributed by atoms with Gasteiger partial charge in [-0.1, -0.05) is 12.1 Å². The van der Waals surface area contributed by atoms with E-state index in [0.717, 1.165) is 31.7 Å². The van der Waals surface area contributed by atoms with E-state index >= 15 is 0 Å². The van der Waals surface area contributed by atoms with Gasteiger partial charge in [-0.2, -0.15) is 0 Å². The van der Waals surface area contributed by atoms with Gasteiger partial charge in [0.2, 0.25) is 5.91 Å². The third-order valence-corrected chi connectivity index (χ3v) is 4.75. The first-order chi connectivity index (χ1) is 12.2. The van der Waals surface area contributed by atoms with E-state index in [1.807, 2.05) is 30.6 Å². The Morgan fingerprint density at radius 3 is 2.80 bits per heavy atom. The molecule has 1 saturated heterocycles. The number of amides is 1. The molecule has 0 aliphatic carbocycles. The van der Waals surface area contributed by atoms with Crippen molar-refractivity contribution in [2.75, 3.05) is 18.4 Å². The number of anilines is 1. The molecular weight excluding hydrogens is 312 g/mol. The molecule has 25 heavy (non-hydrogen) atoms. The van der Waals surface area contributed by atoms with Crippen LogP contribution in [-0.4, -0.2) is 33.9 Å². The van der Waals surface area contributed by atoms with Gasteiger partial charge in [0, 0.05) is 50.0 Å². The Kier molecular flexibility index (Phi) is 4.24. The second kappa shape index (κ2) is 6.69. The van der Waals surface area contributed by atoms with Gasteiger partial charge in [0.15, 0.2) is 0 Å². The summed E-state index contributed by atoms with van der Waals surface area (Å²) < 4.78 is 0. The number of carbonyl (C=O) groups is 1. The SMILES string of the molecule is CC(=O)Nc1ccc(CN2CC(Cc3nccc4cc[nH]c34)C2)cc1. The van der Waals surface area contributed by atoms with Gasteiger partial charge in [0.25, 0.3) is 0 Å². The molecule has 1 fully saturated rings. The van der Waals surface area contributed by atoms with E-state index in [1.54, 1.807) is 0 Å². The van der Waals surface area contributed by atoms with Crippen molar-refractivity contribution in [2.24, 2.45) is 5.92 Å². The maximum absolute atomic E-state index is 11.1. The van der Waals surface area contributed by atoms with Gasteiger partial charge in [-0.3, -0.25) is 14.7 Å². The average Bonchev–Trinajstić information content (AvgIpc) is 3.03. The fourth-order valence-corrected chi connectivity index (χ4v) is 3.56. The van der Waals surface area contributed by atoms with Gasteiger partial charge < -0.3 is 10.3 Å². The van der Waals surface area contributed by atoms with Crippen molar-refractivity contribution in [1.82, 2.24) is 14.9 Å². The number of nitrogens with zero attached hydrogens (tertiary/aromatic N) is 2. The zero-order valence-electron chi connectivity index (χ0n) is 14.3. The van der Waals surface area contributed by atoms with Crippen molar-refractivity contribution in [3.63, 3.8) is 0 Å². The highest BCUT2D eigenvalue weighted by Gasteiger charge is 2.27. The van der Waals surface area contributed by atoms with Crippen LogP contribution in [-0.2, 0) is 17.8 Å². The number of pyridine rings is 1. The Balaban J connectivity index is 1.30. The lowest BCUT2D eigenvalue weighted by Crippen LogP contribution is -2.46. The number of nitrogens with one attached hydrogen (secondary N) is 2. The molecule has 0 spiro atoms. The normalized spacial score (nSPS) is 15.2. The van der Waals surface area contributed by atoms with Crippen LogP contribution in [0.4, 0.5) is 5.69 Å². The van der Waals surface area contributed by atoms with Gasteiger partial charge in [0.05, 0.1) is 11.2 Å². The van der Waals surface area contributed by atoms with Crippen molar-refractivity contribution in [1.29, 1.82) is 0 Å². The molecule has 2 aromatic heterocycles. The van der Waals surface area contributed by atoms with Crippen molar-refractivity contribution >= 4 is 22.5 Å². The molecular formula is C20H22N4O. The van der Waals surface area contributed by atoms with E-state index in [4.69, 9.17) is 0 Å². The molecule has 3 heterocycles. The van der Waals surface area contributed by atoms with E-state index in [-0.39, 0.29) is 5.91 Å². The van der Waals surface area contributed by atoms with E-state index in [0.29, 0.717) is 5.92 Å². The minimum Gasteiger partial charge on any atom is -0.360 e. The second-order valence-corrected chi connectivity index (χ2v) is 6.84. The fraction of sp³-hybridized carbons (Fsp3) is 0.300. The predicted molar refractivity (Wildman–Crippen MR) is 99.3 cm³/mol. The molecule has 1 aromatic carbocycles. The van der Waals surface area contributed by atoms with E-state index in [2.05, 4.69) is 38.4 Å². The van der Waals surface area contributed by atoms with Gasteiger partial charge in [0.1, 0.15) is 0 Å². The molecule has 1 aliphatic rings. The van der Waals surface area contributed by atoms with Crippen molar-refractivity contribution in [3.8, 4) is 0 Å². The van der Waals surface area contributed by atoms with Crippen LogP contribution in [0.5, 0.6) is 0 Å². The summed E-state index contributed by atoms with van der Waals surface area (Å²) in [5, 5.41) is 4.03. The highest BCUT2D eigenvalue weighted by atomic mass is 16.1. The molecule has 3 aromatic rings. The first-order valence-electron chi connectivity index (χ1n) is 8.67. The highest BCUT2D eigenvalue weighted by molar-refractivity contribution is 5.88. The summed E-state index contributed by atoms with van der Waals surface area (Å²) in [7, 11) is 0. The van der Waals surface area contributed by atoms with Crippen LogP contribution in [0.15, 0.2) is 48.8 Å². The zero-order chi connectivity index (χ0) is 17.2. The van der Waals surface area contributed by atoms with Crippen LogP contribution >= 0.6 is 0 Å². The standard InChI is InChI=1S/C20H22N4O/c1-14(25)23-18-4-2-15(3-5-18)11-24-12-16(13-24)10-19-20-17(6-8-21-19)7-9-22-20/h2-9,16,22H,10-13H2,1H3,(H,23,25). The minimum atomic E-state index is -0.0379. The molecule has 5 nitrogen and oxygen atoms in total. The Hall–Kier alpha value is -2.66. The van der Waals surface area contributed by atoms with Gasteiger partial charge in [-0.25, -0.2) is 0 Å². The van der Waals surface area contributed by atoms with E-state index in [9.17, 15) is 4.79 Å². The lowest BCUT2D eigenvalue weighted by atomic mass is 9.93. The molecule has 5 heteroatoms. The molecule has 2 N–H and O–H groups in total. The van der Waals surface area contributed by atoms with Crippen molar-refractivity contribution < 1.29 is 4.79 Å². The van der Waals surface area contributed by atoms with Crippen LogP contribution in [0.3, 0.4) is 0 Å². The van der Waals surface area contributed by atoms with Crippen LogP contribution < -0.4 is 5.32 Å². The average molecular weight is 334 g/mol. The lowest BCUT2D eigenvalue weighted by molar-refractivity contribution is -0.114. The molecule has 1 amide bonds. The van der Waals surface area contributed by atoms with Crippen LogP contribution in [0.1, 0.15) is 18.2 Å². The summed E-state index contributed by atoms with van der Waals surface area (Å²) in [4.78, 5) is 21.4. The van der Waals surface area contributed by atoms with Gasteiger partial charge in [-0.05, 0) is 42.2 Å². The molecule has 0 saturated carbocycles. The highest BCUT2D eigenvalue weighted by Crippen LogP contribution is 2.25. The van der Waals surface area contributed by atoms with Crippen LogP contribution in [0.2, 0.25) is 0 Å². The Morgan fingerprint density at radius 1 is 1.24 bits per heavy atom. The minimum absolute atomic E-state index is 0.0379. The molecule has 0 unspecified atom stereocenters. The maximum Gasteiger partial charge on any atom is 0.221 e. The molecule has 0 bridgehead atoms. The molecule has 128 valence electrons. The summed E-state index contributed by atoms with van der Waals surface area (Å²) in [6, 6.07) is 12.2. The number of fused-ring (bicyclic) bond motifs is 1. The zero-order valence-corrected chi connectivity index (χ0v) is 14.3. The molecule has 4 rings (SSSR count). The number of hydrogen-bond donors (Lipinski definition) is 2. The first kappa shape index (κ1) is 15.8. The summed E-state index contributed by atoms with van der Waals surface area (Å²) >= 11 is 0. The Labute approximate surface area is 147 Å². The molecule has 0 atom stereocenters. The summed E-state index contributed by atoms with van der Waals surface area (Å²) in [6.45, 7) is 4.69. The fourth-order valence-electron chi connectivity index (χ4n) is 3.56. The summed E-state index contributed by atoms with van der Waals surface area (Å²) in [5.74, 6) is 0.629. The van der Waals surface area contributed by atoms with Crippen molar-refractivity contribution in [2.45, 2.75) is 19.9 Å². The monoisotopic (exact) mass is 334 g/mol. The molecule has 1 aliphatic heterocycles. The summed E-state index contributed by atoms with van der Waals surface area (Å²) in [6.07, 6.45) is 4.90. The number of benzene rings is 1. The maximum atomic E-state index is 11.1. The third kappa shape index (κ3) is 3.56. The second-order valence-electron chi connectivity index (χ2n) is 6.84. The van der Waals surface area contributed by atoms with Crippen molar-refractivity contribution in [3.05, 3.63) is 60.0 Å². The quantitative estimate of drug-likeness (QED) is 0.753. The van der Waals surface area contributed by atoms with Crippen LogP contribution in [0.25, 0.3) is 10.9 Å². The Morgan fingerprint density at radius 2 is 2.04 bits per heavy atom. The van der Waals surface area contributed by atoms with E-state index in [1.165, 1.54) is 29.1 Å². The number of H-pyrrole nitrogens is 1. The van der Waals surface area contributed by atoms with Crippen LogP contribution in [0, 0.1) is 5.92 Å². The number of hydrogen-bond acceptors (Lipinski definition) is 3. The Bertz CT molecular complexity index is 878. The predicted octanol–water partition coefficient (Wildman–Crippen LogP) is 3.20. The largest absolute Gasteiger partial charge is 0.360 e. The number of aromatic nitrogens is 2. The topological polar surface area (TPSA) is 61.0 Å².